The molecule has 5 heteroatoms. The minimum absolute atomic E-state index is 0.582. The molecule has 1 atom stereocenters. The second kappa shape index (κ2) is 5.30. The van der Waals surface area contributed by atoms with Gasteiger partial charge >= 0.3 is 0 Å². The molecule has 0 aliphatic rings. The topological polar surface area (TPSA) is 55.9 Å². The van der Waals surface area contributed by atoms with Gasteiger partial charge in [0, 0.05) is 18.6 Å². The minimum atomic E-state index is -0.582. The van der Waals surface area contributed by atoms with Crippen LogP contribution in [0.3, 0.4) is 0 Å². The van der Waals surface area contributed by atoms with Crippen LogP contribution in [0.5, 0.6) is 0 Å². The molecule has 0 aliphatic heterocycles. The molecule has 0 bridgehead atoms. The SMILES string of the molecule is CC(O)c1nccn1Cc1ccn(-c2ccccc2)n1. The molecule has 0 aliphatic carbocycles. The van der Waals surface area contributed by atoms with Crippen LogP contribution in [0.4, 0.5) is 0 Å². The van der Waals surface area contributed by atoms with Gasteiger partial charge < -0.3 is 9.67 Å². The van der Waals surface area contributed by atoms with Gasteiger partial charge in [0.25, 0.3) is 0 Å². The van der Waals surface area contributed by atoms with Gasteiger partial charge in [0.15, 0.2) is 0 Å². The average Bonchev–Trinajstić information content (AvgIpc) is 3.09. The second-order valence-corrected chi connectivity index (χ2v) is 4.68. The largest absolute Gasteiger partial charge is 0.385 e. The van der Waals surface area contributed by atoms with Crippen LogP contribution in [0.25, 0.3) is 5.69 Å². The number of hydrogen-bond acceptors (Lipinski definition) is 3. The van der Waals surface area contributed by atoms with Crippen LogP contribution in [0.1, 0.15) is 24.5 Å². The number of benzene rings is 1. The van der Waals surface area contributed by atoms with Crippen molar-refractivity contribution in [3.05, 3.63) is 66.5 Å². The van der Waals surface area contributed by atoms with Gasteiger partial charge in [0.2, 0.25) is 0 Å². The van der Waals surface area contributed by atoms with Crippen molar-refractivity contribution in [3.63, 3.8) is 0 Å². The molecule has 3 aromatic rings. The highest BCUT2D eigenvalue weighted by molar-refractivity contribution is 5.30. The molecule has 0 saturated carbocycles. The third kappa shape index (κ3) is 2.48. The van der Waals surface area contributed by atoms with Crippen molar-refractivity contribution in [3.8, 4) is 5.69 Å². The Labute approximate surface area is 117 Å². The first-order valence-electron chi connectivity index (χ1n) is 6.53. The van der Waals surface area contributed by atoms with Crippen molar-refractivity contribution in [1.29, 1.82) is 0 Å². The van der Waals surface area contributed by atoms with E-state index in [-0.39, 0.29) is 0 Å². The summed E-state index contributed by atoms with van der Waals surface area (Å²) in [6.45, 7) is 2.31. The zero-order valence-corrected chi connectivity index (χ0v) is 11.2. The van der Waals surface area contributed by atoms with Crippen LogP contribution in [0.15, 0.2) is 55.0 Å². The Hall–Kier alpha value is -2.40. The summed E-state index contributed by atoms with van der Waals surface area (Å²) in [5.74, 6) is 0.652. The van der Waals surface area contributed by atoms with Crippen molar-refractivity contribution in [2.45, 2.75) is 19.6 Å². The molecule has 1 aromatic carbocycles. The van der Waals surface area contributed by atoms with Crippen LogP contribution >= 0.6 is 0 Å². The van der Waals surface area contributed by atoms with Crippen molar-refractivity contribution >= 4 is 0 Å². The van der Waals surface area contributed by atoms with Crippen molar-refractivity contribution in [1.82, 2.24) is 19.3 Å². The van der Waals surface area contributed by atoms with E-state index in [2.05, 4.69) is 10.1 Å². The van der Waals surface area contributed by atoms with E-state index >= 15 is 0 Å². The van der Waals surface area contributed by atoms with E-state index in [1.54, 1.807) is 13.1 Å². The molecule has 0 radical (unpaired) electrons. The van der Waals surface area contributed by atoms with E-state index in [4.69, 9.17) is 0 Å². The molecule has 1 N–H and O–H groups in total. The van der Waals surface area contributed by atoms with Gasteiger partial charge in [-0.25, -0.2) is 9.67 Å². The first-order chi connectivity index (χ1) is 9.74. The lowest BCUT2D eigenvalue weighted by Crippen LogP contribution is -2.08. The highest BCUT2D eigenvalue weighted by atomic mass is 16.3. The number of para-hydroxylation sites is 1. The van der Waals surface area contributed by atoms with Crippen LogP contribution in [0, 0.1) is 0 Å². The molecule has 0 spiro atoms. The smallest absolute Gasteiger partial charge is 0.137 e. The van der Waals surface area contributed by atoms with E-state index in [1.165, 1.54) is 0 Å². The molecule has 20 heavy (non-hydrogen) atoms. The third-order valence-corrected chi connectivity index (χ3v) is 3.12. The Balaban J connectivity index is 1.83. The second-order valence-electron chi connectivity index (χ2n) is 4.68. The molecule has 3 rings (SSSR count). The number of rotatable bonds is 4. The monoisotopic (exact) mass is 268 g/mol. The van der Waals surface area contributed by atoms with E-state index in [0.717, 1.165) is 11.4 Å². The minimum Gasteiger partial charge on any atom is -0.385 e. The molecule has 0 amide bonds. The van der Waals surface area contributed by atoms with Gasteiger partial charge in [-0.05, 0) is 25.1 Å². The molecular formula is C15H16N4O. The van der Waals surface area contributed by atoms with Crippen LogP contribution in [0.2, 0.25) is 0 Å². The first-order valence-corrected chi connectivity index (χ1v) is 6.53. The Morgan fingerprint density at radius 3 is 2.70 bits per heavy atom. The Morgan fingerprint density at radius 1 is 1.15 bits per heavy atom. The zero-order valence-electron chi connectivity index (χ0n) is 11.2. The predicted molar refractivity (Wildman–Crippen MR) is 75.5 cm³/mol. The zero-order chi connectivity index (χ0) is 13.9. The summed E-state index contributed by atoms with van der Waals surface area (Å²) in [4.78, 5) is 4.16. The fourth-order valence-electron chi connectivity index (χ4n) is 2.17. The van der Waals surface area contributed by atoms with E-state index in [1.807, 2.05) is 58.0 Å². The molecule has 5 nitrogen and oxygen atoms in total. The predicted octanol–water partition coefficient (Wildman–Crippen LogP) is 2.17. The van der Waals surface area contributed by atoms with Crippen molar-refractivity contribution in [2.24, 2.45) is 0 Å². The fourth-order valence-corrected chi connectivity index (χ4v) is 2.17. The summed E-state index contributed by atoms with van der Waals surface area (Å²) < 4.78 is 3.75. The van der Waals surface area contributed by atoms with E-state index < -0.39 is 6.10 Å². The third-order valence-electron chi connectivity index (χ3n) is 3.12. The van der Waals surface area contributed by atoms with Crippen LogP contribution < -0.4 is 0 Å². The Morgan fingerprint density at radius 2 is 1.95 bits per heavy atom. The van der Waals surface area contributed by atoms with Gasteiger partial charge in [0.1, 0.15) is 11.9 Å². The number of aliphatic hydroxyl groups excluding tert-OH is 1. The summed E-state index contributed by atoms with van der Waals surface area (Å²) in [6.07, 6.45) is 4.89. The van der Waals surface area contributed by atoms with Gasteiger partial charge in [-0.15, -0.1) is 0 Å². The summed E-state index contributed by atoms with van der Waals surface area (Å²) in [5, 5.41) is 14.2. The summed E-state index contributed by atoms with van der Waals surface area (Å²) >= 11 is 0. The lowest BCUT2D eigenvalue weighted by molar-refractivity contribution is 0.184. The summed E-state index contributed by atoms with van der Waals surface area (Å²) in [5.41, 5.74) is 1.95. The van der Waals surface area contributed by atoms with Crippen molar-refractivity contribution in [2.75, 3.05) is 0 Å². The highest BCUT2D eigenvalue weighted by Crippen LogP contribution is 2.12. The molecular weight excluding hydrogens is 252 g/mol. The number of hydrogen-bond donors (Lipinski definition) is 1. The number of imidazole rings is 1. The van der Waals surface area contributed by atoms with Gasteiger partial charge in [-0.1, -0.05) is 18.2 Å². The highest BCUT2D eigenvalue weighted by Gasteiger charge is 2.10. The van der Waals surface area contributed by atoms with Crippen LogP contribution in [-0.2, 0) is 6.54 Å². The van der Waals surface area contributed by atoms with Crippen LogP contribution in [-0.4, -0.2) is 24.4 Å². The lowest BCUT2D eigenvalue weighted by atomic mass is 10.3. The maximum atomic E-state index is 9.65. The number of nitrogens with zero attached hydrogens (tertiary/aromatic N) is 4. The van der Waals surface area contributed by atoms with E-state index in [9.17, 15) is 5.11 Å². The maximum absolute atomic E-state index is 9.65. The van der Waals surface area contributed by atoms with E-state index in [0.29, 0.717) is 12.4 Å². The summed E-state index contributed by atoms with van der Waals surface area (Å²) in [7, 11) is 0. The van der Waals surface area contributed by atoms with Gasteiger partial charge in [0.05, 0.1) is 17.9 Å². The van der Waals surface area contributed by atoms with Crippen molar-refractivity contribution < 1.29 is 5.11 Å². The molecule has 1 unspecified atom stereocenters. The lowest BCUT2D eigenvalue weighted by Gasteiger charge is -2.07. The number of aromatic nitrogens is 4. The maximum Gasteiger partial charge on any atom is 0.137 e. The normalized spacial score (nSPS) is 12.5. The first kappa shape index (κ1) is 12.6. The summed E-state index contributed by atoms with van der Waals surface area (Å²) in [6, 6.07) is 11.9. The molecule has 2 aromatic heterocycles. The fraction of sp³-hybridized carbons (Fsp3) is 0.200. The molecule has 0 saturated heterocycles. The standard InChI is InChI=1S/C15H16N4O/c1-12(20)15-16-8-10-18(15)11-13-7-9-19(17-13)14-5-3-2-4-6-14/h2-10,12,20H,11H2,1H3. The Kier molecular flexibility index (Phi) is 3.35. The number of aliphatic hydroxyl groups is 1. The average molecular weight is 268 g/mol. The Bertz CT molecular complexity index is 685. The molecule has 2 heterocycles. The van der Waals surface area contributed by atoms with Gasteiger partial charge in [-0.3, -0.25) is 0 Å². The molecule has 102 valence electrons. The van der Waals surface area contributed by atoms with Gasteiger partial charge in [-0.2, -0.15) is 5.10 Å². The molecule has 0 fully saturated rings. The quantitative estimate of drug-likeness (QED) is 0.789.